The van der Waals surface area contributed by atoms with Crippen molar-refractivity contribution in [1.82, 2.24) is 0 Å². The minimum atomic E-state index is -3.05. The molecule has 0 amide bonds. The van der Waals surface area contributed by atoms with Crippen molar-refractivity contribution in [2.24, 2.45) is 0 Å². The van der Waals surface area contributed by atoms with E-state index in [1.54, 1.807) is 0 Å². The van der Waals surface area contributed by atoms with Crippen LogP contribution in [-0.2, 0) is 0 Å². The van der Waals surface area contributed by atoms with Crippen LogP contribution in [-0.4, -0.2) is 29.0 Å². The average molecular weight is 374 g/mol. The fourth-order valence-electron chi connectivity index (χ4n) is 1.46. The van der Waals surface area contributed by atoms with Gasteiger partial charge in [-0.2, -0.15) is 0 Å². The summed E-state index contributed by atoms with van der Waals surface area (Å²) in [6, 6.07) is 19.9. The van der Waals surface area contributed by atoms with Crippen molar-refractivity contribution in [3.8, 4) is 0 Å². The van der Waals surface area contributed by atoms with Crippen molar-refractivity contribution in [2.45, 2.75) is 0 Å². The van der Waals surface area contributed by atoms with Gasteiger partial charge < -0.3 is 0 Å². The van der Waals surface area contributed by atoms with E-state index in [0.29, 0.717) is 0 Å². The van der Waals surface area contributed by atoms with Crippen LogP contribution in [0.5, 0.6) is 0 Å². The molecule has 4 heteroatoms. The summed E-state index contributed by atoms with van der Waals surface area (Å²) in [7, 11) is 13.1. The Kier molecular flexibility index (Phi) is 5.45. The molecule has 0 heterocycles. The zero-order valence-corrected chi connectivity index (χ0v) is 11.6. The predicted octanol–water partition coefficient (Wildman–Crippen LogP) is 1.27. The summed E-state index contributed by atoms with van der Waals surface area (Å²) in [6.45, 7) is 0. The van der Waals surface area contributed by atoms with Crippen LogP contribution >= 0.6 is 20.0 Å². The van der Waals surface area contributed by atoms with Crippen LogP contribution in [0.1, 0.15) is 0 Å². The maximum atomic E-state index is 6.54. The molecule has 2 aromatic rings. The van der Waals surface area contributed by atoms with E-state index in [0.717, 1.165) is 8.79 Å². The first-order chi connectivity index (χ1) is 7.21. The molecule has 0 fully saturated rings. The number of benzene rings is 2. The van der Waals surface area contributed by atoms with Crippen LogP contribution in [0.3, 0.4) is 0 Å². The zero-order valence-electron chi connectivity index (χ0n) is 8.03. The topological polar surface area (TPSA) is 0 Å². The van der Waals surface area contributed by atoms with Crippen molar-refractivity contribution in [2.75, 3.05) is 0 Å². The van der Waals surface area contributed by atoms with Gasteiger partial charge in [-0.25, -0.2) is 0 Å². The van der Waals surface area contributed by atoms with Gasteiger partial charge >= 0.3 is 118 Å². The molecule has 0 unspecified atom stereocenters. The maximum absolute atomic E-state index is 6.54. The van der Waals surface area contributed by atoms with Crippen molar-refractivity contribution < 1.29 is 0 Å². The summed E-state index contributed by atoms with van der Waals surface area (Å²) >= 11 is -3.05. The van der Waals surface area contributed by atoms with Gasteiger partial charge in [0.25, 0.3) is 0 Å². The first-order valence-electron chi connectivity index (χ1n) is 4.70. The Morgan fingerprint density at radius 1 is 0.625 bits per heavy atom. The summed E-state index contributed by atoms with van der Waals surface area (Å²) in [5.41, 5.74) is 0. The molecule has 0 aliphatic carbocycles. The van der Waals surface area contributed by atoms with Gasteiger partial charge in [0.2, 0.25) is 0 Å². The second kappa shape index (κ2) is 6.15. The number of hydrogen-bond donors (Lipinski definition) is 0. The van der Waals surface area contributed by atoms with Gasteiger partial charge in [-0.15, -0.1) is 0 Å². The van der Waals surface area contributed by atoms with Gasteiger partial charge in [-0.05, 0) is 0 Å². The molecule has 0 nitrogen and oxygen atoms in total. The summed E-state index contributed by atoms with van der Waals surface area (Å²) in [6.07, 6.45) is 0. The Hall–Kier alpha value is 0.106. The molecule has 0 bridgehead atoms. The molecule has 0 aromatic heterocycles. The molecule has 0 aliphatic rings. The molecule has 0 atom stereocenters. The van der Waals surface area contributed by atoms with Crippen LogP contribution in [0, 0.1) is 0 Å². The van der Waals surface area contributed by atoms with Crippen LogP contribution in [0.4, 0.5) is 0 Å². The molecule has 2 aromatic carbocycles. The first kappa shape index (κ1) is 14.2. The molecule has 0 N–H and O–H groups in total. The van der Waals surface area contributed by atoms with E-state index in [2.05, 4.69) is 0 Å². The Balaban J connectivity index is 0.00000128. The Morgan fingerprint density at radius 3 is 1.25 bits per heavy atom. The minimum absolute atomic E-state index is 0. The molecular weight excluding hydrogens is 360 g/mol. The molecule has 0 saturated heterocycles. The first-order valence-corrected chi connectivity index (χ1v) is 12.3. The average Bonchev–Trinajstić information content (AvgIpc) is 2.31. The van der Waals surface area contributed by atoms with Crippen molar-refractivity contribution in [1.29, 1.82) is 0 Å². The third-order valence-electron chi connectivity index (χ3n) is 2.27. The van der Waals surface area contributed by atoms with E-state index < -0.39 is 11.4 Å². The van der Waals surface area contributed by atoms with Gasteiger partial charge in [-0.3, -0.25) is 0 Å². The SMILES string of the molecule is [Cl][Ge]([Cl])([c]1ccccc1)[c]1ccccc1.[GeH4]. The summed E-state index contributed by atoms with van der Waals surface area (Å²) in [4.78, 5) is 0. The molecule has 0 spiro atoms. The van der Waals surface area contributed by atoms with Crippen molar-refractivity contribution in [3.05, 3.63) is 60.7 Å². The fourth-order valence-corrected chi connectivity index (χ4v) is 7.34. The van der Waals surface area contributed by atoms with Gasteiger partial charge in [-0.1, -0.05) is 0 Å². The monoisotopic (exact) mass is 376 g/mol. The molecule has 16 heavy (non-hydrogen) atoms. The molecule has 84 valence electrons. The number of rotatable bonds is 2. The predicted molar refractivity (Wildman–Crippen MR) is 80.9 cm³/mol. The van der Waals surface area contributed by atoms with E-state index in [1.165, 1.54) is 0 Å². The van der Waals surface area contributed by atoms with E-state index in [-0.39, 0.29) is 17.6 Å². The zero-order chi connectivity index (χ0) is 10.7. The van der Waals surface area contributed by atoms with E-state index in [4.69, 9.17) is 20.0 Å². The van der Waals surface area contributed by atoms with E-state index in [9.17, 15) is 0 Å². The normalized spacial score (nSPS) is 10.6. The summed E-state index contributed by atoms with van der Waals surface area (Å²) < 4.78 is 2.15. The standard InChI is InChI=1S/C12H10Cl2Ge.GeH4/c13-15(14,11-7-3-1-4-8-11)12-9-5-2-6-10-12;/h1-10H;1H4. The molecular formula is C12H14Cl2Ge2. The van der Waals surface area contributed by atoms with Crippen LogP contribution < -0.4 is 8.79 Å². The Labute approximate surface area is 118 Å². The van der Waals surface area contributed by atoms with Crippen molar-refractivity contribution >= 4 is 57.8 Å². The number of halogens is 2. The third-order valence-corrected chi connectivity index (χ3v) is 11.2. The second-order valence-electron chi connectivity index (χ2n) is 3.31. The van der Waals surface area contributed by atoms with Crippen LogP contribution in [0.15, 0.2) is 60.7 Å². The van der Waals surface area contributed by atoms with Gasteiger partial charge in [0.05, 0.1) is 0 Å². The summed E-state index contributed by atoms with van der Waals surface area (Å²) in [5.74, 6) is 0. The summed E-state index contributed by atoms with van der Waals surface area (Å²) in [5, 5.41) is 0. The van der Waals surface area contributed by atoms with Gasteiger partial charge in [0.15, 0.2) is 0 Å². The van der Waals surface area contributed by atoms with Crippen molar-refractivity contribution in [3.63, 3.8) is 0 Å². The molecule has 0 radical (unpaired) electrons. The number of hydrogen-bond acceptors (Lipinski definition) is 0. The second-order valence-corrected chi connectivity index (χ2v) is 15.0. The molecule has 0 saturated carbocycles. The Morgan fingerprint density at radius 2 is 0.938 bits per heavy atom. The van der Waals surface area contributed by atoms with Gasteiger partial charge in [0, 0.05) is 0 Å². The van der Waals surface area contributed by atoms with E-state index in [1.807, 2.05) is 60.7 Å². The third kappa shape index (κ3) is 3.07. The Bertz CT molecular complexity index is 388. The quantitative estimate of drug-likeness (QED) is 0.695. The van der Waals surface area contributed by atoms with E-state index >= 15 is 0 Å². The van der Waals surface area contributed by atoms with Crippen LogP contribution in [0.2, 0.25) is 0 Å². The molecule has 2 rings (SSSR count). The fraction of sp³-hybridized carbons (Fsp3) is 0. The van der Waals surface area contributed by atoms with Gasteiger partial charge in [0.1, 0.15) is 0 Å². The molecule has 0 aliphatic heterocycles. The van der Waals surface area contributed by atoms with Crippen LogP contribution in [0.25, 0.3) is 0 Å².